The van der Waals surface area contributed by atoms with E-state index in [1.54, 1.807) is 16.8 Å². The molecule has 0 unspecified atom stereocenters. The number of hydrogen-bond donors (Lipinski definition) is 1. The van der Waals surface area contributed by atoms with Gasteiger partial charge in [-0.3, -0.25) is 4.79 Å². The lowest BCUT2D eigenvalue weighted by molar-refractivity contribution is -0.137. The first-order valence-electron chi connectivity index (χ1n) is 8.45. The molecule has 0 aliphatic carbocycles. The zero-order valence-corrected chi connectivity index (χ0v) is 15.0. The lowest BCUT2D eigenvalue weighted by Crippen LogP contribution is -2.14. The van der Waals surface area contributed by atoms with E-state index in [0.717, 1.165) is 23.0 Å². The number of carbonyl (C=O) groups is 1. The summed E-state index contributed by atoms with van der Waals surface area (Å²) in [6.45, 7) is 0.312. The highest BCUT2D eigenvalue weighted by Gasteiger charge is 2.30. The minimum Gasteiger partial charge on any atom is -0.335 e. The molecule has 1 aromatic heterocycles. The van der Waals surface area contributed by atoms with E-state index in [0.29, 0.717) is 12.1 Å². The monoisotopic (exact) mass is 393 g/mol. The standard InChI is InChI=1S/C22H14F3N3O/c1-2-10-28-14-16(19-8-3-4-9-20(19)28)11-15(13-26)21(29)27-18-7-5-6-17(12-18)22(23,24)25/h1,3-9,11-12,14H,10H2,(H,27,29)/b15-11-. The smallest absolute Gasteiger partial charge is 0.335 e. The van der Waals surface area contributed by atoms with Gasteiger partial charge in [-0.05, 0) is 30.3 Å². The Bertz CT molecular complexity index is 1190. The van der Waals surface area contributed by atoms with Crippen molar-refractivity contribution in [3.05, 3.63) is 71.4 Å². The van der Waals surface area contributed by atoms with Crippen LogP contribution in [0.2, 0.25) is 0 Å². The van der Waals surface area contributed by atoms with Crippen LogP contribution in [0.15, 0.2) is 60.3 Å². The van der Waals surface area contributed by atoms with E-state index in [-0.39, 0.29) is 11.3 Å². The third-order valence-electron chi connectivity index (χ3n) is 4.19. The van der Waals surface area contributed by atoms with Crippen LogP contribution in [0.1, 0.15) is 11.1 Å². The fourth-order valence-electron chi connectivity index (χ4n) is 2.90. The second-order valence-corrected chi connectivity index (χ2v) is 6.14. The zero-order valence-electron chi connectivity index (χ0n) is 15.0. The highest BCUT2D eigenvalue weighted by molar-refractivity contribution is 6.10. The van der Waals surface area contributed by atoms with Gasteiger partial charge in [0.1, 0.15) is 11.6 Å². The minimum atomic E-state index is -4.53. The molecule has 1 amide bonds. The molecule has 0 radical (unpaired) electrons. The number of anilines is 1. The molecule has 2 aromatic carbocycles. The Labute approximate surface area is 164 Å². The van der Waals surface area contributed by atoms with E-state index >= 15 is 0 Å². The summed E-state index contributed by atoms with van der Waals surface area (Å²) in [6.07, 6.45) is 3.96. The van der Waals surface area contributed by atoms with Crippen LogP contribution in [-0.2, 0) is 17.5 Å². The molecule has 0 bridgehead atoms. The van der Waals surface area contributed by atoms with Crippen molar-refractivity contribution >= 4 is 28.6 Å². The number of benzene rings is 2. The van der Waals surface area contributed by atoms with Gasteiger partial charge in [0.15, 0.2) is 0 Å². The Morgan fingerprint density at radius 3 is 2.66 bits per heavy atom. The molecule has 29 heavy (non-hydrogen) atoms. The molecule has 1 heterocycles. The second-order valence-electron chi connectivity index (χ2n) is 6.14. The number of carbonyl (C=O) groups excluding carboxylic acids is 1. The summed E-state index contributed by atoms with van der Waals surface area (Å²) >= 11 is 0. The predicted molar refractivity (Wildman–Crippen MR) is 104 cm³/mol. The quantitative estimate of drug-likeness (QED) is 0.392. The number of amides is 1. The van der Waals surface area contributed by atoms with E-state index < -0.39 is 17.6 Å². The number of terminal acetylenes is 1. The van der Waals surface area contributed by atoms with E-state index in [1.807, 2.05) is 24.3 Å². The first-order chi connectivity index (χ1) is 13.8. The SMILES string of the molecule is C#CCn1cc(/C=C(/C#N)C(=O)Nc2cccc(C(F)(F)F)c2)c2ccccc21. The first-order valence-corrected chi connectivity index (χ1v) is 8.45. The van der Waals surface area contributed by atoms with Gasteiger partial charge in [0.05, 0.1) is 12.1 Å². The van der Waals surface area contributed by atoms with Crippen LogP contribution < -0.4 is 5.32 Å². The molecule has 1 N–H and O–H groups in total. The number of nitrogens with one attached hydrogen (secondary N) is 1. The number of aromatic nitrogens is 1. The number of para-hydroxylation sites is 1. The maximum Gasteiger partial charge on any atom is 0.416 e. The van der Waals surface area contributed by atoms with Crippen molar-refractivity contribution < 1.29 is 18.0 Å². The van der Waals surface area contributed by atoms with Crippen LogP contribution in [0.4, 0.5) is 18.9 Å². The second kappa shape index (κ2) is 7.95. The van der Waals surface area contributed by atoms with Crippen molar-refractivity contribution in [2.45, 2.75) is 12.7 Å². The molecule has 0 aliphatic heterocycles. The van der Waals surface area contributed by atoms with Crippen molar-refractivity contribution in [2.75, 3.05) is 5.32 Å². The predicted octanol–water partition coefficient (Wildman–Crippen LogP) is 4.84. The molecule has 0 aliphatic rings. The molecule has 0 atom stereocenters. The maximum absolute atomic E-state index is 12.8. The Hall–Kier alpha value is -3.97. The van der Waals surface area contributed by atoms with Gasteiger partial charge in [0, 0.05) is 28.4 Å². The van der Waals surface area contributed by atoms with Crippen molar-refractivity contribution in [3.63, 3.8) is 0 Å². The molecule has 3 rings (SSSR count). The van der Waals surface area contributed by atoms with Gasteiger partial charge in [0.2, 0.25) is 0 Å². The summed E-state index contributed by atoms with van der Waals surface area (Å²) in [7, 11) is 0. The molecule has 144 valence electrons. The Balaban J connectivity index is 1.94. The number of rotatable bonds is 4. The molecule has 7 heteroatoms. The largest absolute Gasteiger partial charge is 0.416 e. The third-order valence-corrected chi connectivity index (χ3v) is 4.19. The number of halogens is 3. The van der Waals surface area contributed by atoms with Crippen LogP contribution in [-0.4, -0.2) is 10.5 Å². The summed E-state index contributed by atoms with van der Waals surface area (Å²) in [4.78, 5) is 12.5. The average Bonchev–Trinajstić information content (AvgIpc) is 3.03. The Morgan fingerprint density at radius 2 is 1.97 bits per heavy atom. The summed E-state index contributed by atoms with van der Waals surface area (Å²) in [5, 5.41) is 12.5. The maximum atomic E-state index is 12.8. The van der Waals surface area contributed by atoms with Gasteiger partial charge < -0.3 is 9.88 Å². The van der Waals surface area contributed by atoms with Crippen molar-refractivity contribution in [1.82, 2.24) is 4.57 Å². The molecule has 0 saturated carbocycles. The lowest BCUT2D eigenvalue weighted by atomic mass is 10.1. The van der Waals surface area contributed by atoms with Gasteiger partial charge in [-0.25, -0.2) is 0 Å². The number of fused-ring (bicyclic) bond motifs is 1. The van der Waals surface area contributed by atoms with Gasteiger partial charge >= 0.3 is 6.18 Å². The fraction of sp³-hybridized carbons (Fsp3) is 0.0909. The first kappa shape index (κ1) is 19.8. The molecule has 0 fully saturated rings. The van der Waals surface area contributed by atoms with Gasteiger partial charge in [-0.1, -0.05) is 30.2 Å². The summed E-state index contributed by atoms with van der Waals surface area (Å²) in [6, 6.07) is 13.4. The number of hydrogen-bond acceptors (Lipinski definition) is 2. The lowest BCUT2D eigenvalue weighted by Gasteiger charge is -2.09. The van der Waals surface area contributed by atoms with E-state index in [4.69, 9.17) is 6.42 Å². The van der Waals surface area contributed by atoms with E-state index in [2.05, 4.69) is 11.2 Å². The van der Waals surface area contributed by atoms with Crippen LogP contribution in [0, 0.1) is 23.7 Å². The zero-order chi connectivity index (χ0) is 21.0. The molecular weight excluding hydrogens is 379 g/mol. The summed E-state index contributed by atoms with van der Waals surface area (Å²) in [5.74, 6) is 1.73. The third kappa shape index (κ3) is 4.31. The number of nitriles is 1. The highest BCUT2D eigenvalue weighted by Crippen LogP contribution is 2.31. The van der Waals surface area contributed by atoms with Gasteiger partial charge in [-0.15, -0.1) is 6.42 Å². The molecule has 0 saturated heterocycles. The van der Waals surface area contributed by atoms with Crippen LogP contribution in [0.25, 0.3) is 17.0 Å². The Kier molecular flexibility index (Phi) is 5.43. The fourth-order valence-corrected chi connectivity index (χ4v) is 2.90. The molecule has 4 nitrogen and oxygen atoms in total. The van der Waals surface area contributed by atoms with Crippen molar-refractivity contribution in [1.29, 1.82) is 5.26 Å². The van der Waals surface area contributed by atoms with Gasteiger partial charge in [0.25, 0.3) is 5.91 Å². The topological polar surface area (TPSA) is 57.8 Å². The van der Waals surface area contributed by atoms with Crippen LogP contribution >= 0.6 is 0 Å². The summed E-state index contributed by atoms with van der Waals surface area (Å²) in [5.41, 5.74) is 0.251. The van der Waals surface area contributed by atoms with Gasteiger partial charge in [-0.2, -0.15) is 18.4 Å². The summed E-state index contributed by atoms with van der Waals surface area (Å²) < 4.78 is 40.3. The Morgan fingerprint density at radius 1 is 1.21 bits per heavy atom. The van der Waals surface area contributed by atoms with Crippen LogP contribution in [0.3, 0.4) is 0 Å². The minimum absolute atomic E-state index is 0.0549. The van der Waals surface area contributed by atoms with Crippen LogP contribution in [0.5, 0.6) is 0 Å². The number of alkyl halides is 3. The molecule has 3 aromatic rings. The normalized spacial score (nSPS) is 11.7. The van der Waals surface area contributed by atoms with E-state index in [1.165, 1.54) is 18.2 Å². The van der Waals surface area contributed by atoms with Crippen molar-refractivity contribution in [2.24, 2.45) is 0 Å². The average molecular weight is 393 g/mol. The molecular formula is C22H14F3N3O. The molecule has 0 spiro atoms. The number of nitrogens with zero attached hydrogens (tertiary/aromatic N) is 2. The highest BCUT2D eigenvalue weighted by atomic mass is 19.4. The van der Waals surface area contributed by atoms with E-state index in [9.17, 15) is 23.2 Å². The van der Waals surface area contributed by atoms with Crippen molar-refractivity contribution in [3.8, 4) is 18.4 Å².